The Hall–Kier alpha value is -3.09. The summed E-state index contributed by atoms with van der Waals surface area (Å²) in [7, 11) is 0. The van der Waals surface area contributed by atoms with Gasteiger partial charge < -0.3 is 20.1 Å². The number of piperazine rings is 1. The van der Waals surface area contributed by atoms with E-state index in [0.29, 0.717) is 13.1 Å². The number of benzene rings is 1. The third-order valence-corrected chi connectivity index (χ3v) is 4.45. The van der Waals surface area contributed by atoms with Gasteiger partial charge in [0, 0.05) is 60.9 Å². The number of hydrogen-bond donors (Lipinski definition) is 2. The molecule has 0 spiro atoms. The van der Waals surface area contributed by atoms with E-state index in [1.807, 2.05) is 30.0 Å². The number of hydrogen-bond acceptors (Lipinski definition) is 4. The maximum absolute atomic E-state index is 12.5. The fourth-order valence-electron chi connectivity index (χ4n) is 3.15. The Balaban J connectivity index is 1.38. The number of nitrogens with one attached hydrogen (secondary N) is 2. The molecule has 1 aliphatic rings. The highest BCUT2D eigenvalue weighted by atomic mass is 16.2. The van der Waals surface area contributed by atoms with Crippen LogP contribution in [0.1, 0.15) is 5.69 Å². The first-order valence-corrected chi connectivity index (χ1v) is 8.35. The van der Waals surface area contributed by atoms with Gasteiger partial charge in [0.05, 0.1) is 6.20 Å². The monoisotopic (exact) mass is 336 g/mol. The van der Waals surface area contributed by atoms with Crippen LogP contribution in [0.5, 0.6) is 0 Å². The van der Waals surface area contributed by atoms with Crippen LogP contribution in [0.15, 0.2) is 42.9 Å². The molecular formula is C18H20N6O. The molecule has 0 radical (unpaired) electrons. The first-order valence-electron chi connectivity index (χ1n) is 8.35. The number of anilines is 2. The van der Waals surface area contributed by atoms with Crippen molar-refractivity contribution in [2.45, 2.75) is 6.92 Å². The second kappa shape index (κ2) is 6.43. The van der Waals surface area contributed by atoms with Crippen molar-refractivity contribution >= 4 is 28.4 Å². The molecule has 0 atom stereocenters. The highest BCUT2D eigenvalue weighted by Crippen LogP contribution is 2.20. The molecule has 3 heterocycles. The van der Waals surface area contributed by atoms with Gasteiger partial charge in [-0.1, -0.05) is 0 Å². The fraction of sp³-hybridized carbons (Fsp3) is 0.278. The normalized spacial score (nSPS) is 14.8. The Morgan fingerprint density at radius 1 is 1.16 bits per heavy atom. The van der Waals surface area contributed by atoms with Crippen molar-refractivity contribution in [2.75, 3.05) is 36.4 Å². The highest BCUT2D eigenvalue weighted by Gasteiger charge is 2.22. The number of aromatic nitrogens is 3. The summed E-state index contributed by atoms with van der Waals surface area (Å²) in [5.41, 5.74) is 3.00. The molecule has 1 aromatic carbocycles. The van der Waals surface area contributed by atoms with Crippen molar-refractivity contribution < 1.29 is 4.79 Å². The molecule has 1 saturated heterocycles. The summed E-state index contributed by atoms with van der Waals surface area (Å²) < 4.78 is 0. The molecular weight excluding hydrogens is 316 g/mol. The van der Waals surface area contributed by atoms with Crippen LogP contribution < -0.4 is 10.2 Å². The van der Waals surface area contributed by atoms with Crippen LogP contribution in [-0.4, -0.2) is 52.1 Å². The zero-order valence-corrected chi connectivity index (χ0v) is 14.1. The van der Waals surface area contributed by atoms with E-state index in [2.05, 4.69) is 31.2 Å². The van der Waals surface area contributed by atoms with Crippen LogP contribution in [0.2, 0.25) is 0 Å². The first-order chi connectivity index (χ1) is 12.2. The number of aryl methyl sites for hydroxylation is 1. The van der Waals surface area contributed by atoms with E-state index in [1.165, 1.54) is 0 Å². The predicted octanol–water partition coefficient (Wildman–Crippen LogP) is 2.62. The van der Waals surface area contributed by atoms with Gasteiger partial charge in [0.15, 0.2) is 0 Å². The fourth-order valence-corrected chi connectivity index (χ4v) is 3.15. The highest BCUT2D eigenvalue weighted by molar-refractivity contribution is 5.93. The number of H-pyrrole nitrogens is 1. The average Bonchev–Trinajstić information content (AvgIpc) is 3.02. The minimum atomic E-state index is -0.0644. The van der Waals surface area contributed by atoms with E-state index in [1.54, 1.807) is 18.6 Å². The van der Waals surface area contributed by atoms with Gasteiger partial charge in [0.25, 0.3) is 0 Å². The standard InChI is InChI=1S/C18H20N6O/c1-13-10-14-11-15(2-3-16(14)21-13)22-18(25)24-8-6-23(7-9-24)17-12-19-4-5-20-17/h2-5,10-12,21H,6-9H2,1H3,(H,22,25). The maximum atomic E-state index is 12.5. The smallest absolute Gasteiger partial charge is 0.321 e. The Bertz CT molecular complexity index is 883. The second-order valence-electron chi connectivity index (χ2n) is 6.22. The number of rotatable bonds is 2. The molecule has 1 aliphatic heterocycles. The van der Waals surface area contributed by atoms with E-state index in [4.69, 9.17) is 0 Å². The second-order valence-corrected chi connectivity index (χ2v) is 6.22. The molecule has 4 rings (SSSR count). The third kappa shape index (κ3) is 3.26. The zero-order valence-electron chi connectivity index (χ0n) is 14.1. The molecule has 25 heavy (non-hydrogen) atoms. The van der Waals surface area contributed by atoms with Crippen LogP contribution in [0, 0.1) is 6.92 Å². The van der Waals surface area contributed by atoms with Crippen LogP contribution >= 0.6 is 0 Å². The molecule has 2 aromatic heterocycles. The lowest BCUT2D eigenvalue weighted by Crippen LogP contribution is -2.50. The minimum absolute atomic E-state index is 0.0644. The summed E-state index contributed by atoms with van der Waals surface area (Å²) in [6.07, 6.45) is 5.10. The lowest BCUT2D eigenvalue weighted by Gasteiger charge is -2.35. The molecule has 2 N–H and O–H groups in total. The van der Waals surface area contributed by atoms with Crippen LogP contribution in [0.4, 0.5) is 16.3 Å². The number of fused-ring (bicyclic) bond motifs is 1. The Kier molecular flexibility index (Phi) is 3.97. The molecule has 2 amide bonds. The maximum Gasteiger partial charge on any atom is 0.321 e. The molecule has 0 aliphatic carbocycles. The summed E-state index contributed by atoms with van der Waals surface area (Å²) in [6, 6.07) is 7.91. The van der Waals surface area contributed by atoms with Crippen LogP contribution in [0.25, 0.3) is 10.9 Å². The van der Waals surface area contributed by atoms with Crippen molar-refractivity contribution in [3.05, 3.63) is 48.5 Å². The lowest BCUT2D eigenvalue weighted by molar-refractivity contribution is 0.208. The summed E-state index contributed by atoms with van der Waals surface area (Å²) in [5, 5.41) is 4.09. The van der Waals surface area contributed by atoms with Gasteiger partial charge in [-0.05, 0) is 31.2 Å². The molecule has 3 aromatic rings. The number of nitrogens with zero attached hydrogens (tertiary/aromatic N) is 4. The number of carbonyl (C=O) groups excluding carboxylic acids is 1. The van der Waals surface area contributed by atoms with Crippen molar-refractivity contribution in [2.24, 2.45) is 0 Å². The van der Waals surface area contributed by atoms with E-state index in [-0.39, 0.29) is 6.03 Å². The largest absolute Gasteiger partial charge is 0.359 e. The quantitative estimate of drug-likeness (QED) is 0.754. The number of amides is 2. The average molecular weight is 336 g/mol. The van der Waals surface area contributed by atoms with Crippen molar-refractivity contribution in [3.63, 3.8) is 0 Å². The zero-order chi connectivity index (χ0) is 17.2. The van der Waals surface area contributed by atoms with Crippen molar-refractivity contribution in [1.29, 1.82) is 0 Å². The Morgan fingerprint density at radius 3 is 2.76 bits per heavy atom. The van der Waals surface area contributed by atoms with Gasteiger partial charge >= 0.3 is 6.03 Å². The molecule has 7 heteroatoms. The minimum Gasteiger partial charge on any atom is -0.359 e. The van der Waals surface area contributed by atoms with Crippen molar-refractivity contribution in [3.8, 4) is 0 Å². The molecule has 0 bridgehead atoms. The van der Waals surface area contributed by atoms with Gasteiger partial charge in [-0.15, -0.1) is 0 Å². The van der Waals surface area contributed by atoms with E-state index < -0.39 is 0 Å². The Morgan fingerprint density at radius 2 is 2.00 bits per heavy atom. The lowest BCUT2D eigenvalue weighted by atomic mass is 10.2. The Labute approximate surface area is 145 Å². The molecule has 0 unspecified atom stereocenters. The molecule has 7 nitrogen and oxygen atoms in total. The SMILES string of the molecule is Cc1cc2cc(NC(=O)N3CCN(c4cnccn4)CC3)ccc2[nH]1. The number of aromatic amines is 1. The summed E-state index contributed by atoms with van der Waals surface area (Å²) >= 11 is 0. The summed E-state index contributed by atoms with van der Waals surface area (Å²) in [6.45, 7) is 4.85. The van der Waals surface area contributed by atoms with Crippen LogP contribution in [-0.2, 0) is 0 Å². The summed E-state index contributed by atoms with van der Waals surface area (Å²) in [5.74, 6) is 0.857. The third-order valence-electron chi connectivity index (χ3n) is 4.45. The van der Waals surface area contributed by atoms with Crippen LogP contribution in [0.3, 0.4) is 0 Å². The summed E-state index contributed by atoms with van der Waals surface area (Å²) in [4.78, 5) is 28.2. The van der Waals surface area contributed by atoms with Gasteiger partial charge in [-0.25, -0.2) is 9.78 Å². The van der Waals surface area contributed by atoms with E-state index in [9.17, 15) is 4.79 Å². The van der Waals surface area contributed by atoms with E-state index in [0.717, 1.165) is 41.2 Å². The number of urea groups is 1. The molecule has 1 fully saturated rings. The first kappa shape index (κ1) is 15.4. The van der Waals surface area contributed by atoms with Gasteiger partial charge in [0.2, 0.25) is 0 Å². The van der Waals surface area contributed by atoms with E-state index >= 15 is 0 Å². The van der Waals surface area contributed by atoms with Gasteiger partial charge in [-0.2, -0.15) is 0 Å². The van der Waals surface area contributed by atoms with Crippen molar-refractivity contribution in [1.82, 2.24) is 19.9 Å². The predicted molar refractivity (Wildman–Crippen MR) is 97.9 cm³/mol. The van der Waals surface area contributed by atoms with Gasteiger partial charge in [-0.3, -0.25) is 4.98 Å². The van der Waals surface area contributed by atoms with Gasteiger partial charge in [0.1, 0.15) is 5.82 Å². The molecule has 0 saturated carbocycles. The topological polar surface area (TPSA) is 77.2 Å². The number of carbonyl (C=O) groups is 1. The molecule has 128 valence electrons.